The average Bonchev–Trinajstić information content (AvgIpc) is 2.79. The van der Waals surface area contributed by atoms with Crippen LogP contribution in [0.1, 0.15) is 16.7 Å². The van der Waals surface area contributed by atoms with Crippen LogP contribution in [-0.2, 0) is 11.3 Å². The van der Waals surface area contributed by atoms with E-state index in [2.05, 4.69) is 10.3 Å². The first kappa shape index (κ1) is 22.5. The smallest absolute Gasteiger partial charge is 0.412 e. The van der Waals surface area contributed by atoms with Crippen molar-refractivity contribution in [3.8, 4) is 11.5 Å². The fourth-order valence-electron chi connectivity index (χ4n) is 2.76. The summed E-state index contributed by atoms with van der Waals surface area (Å²) in [7, 11) is 3.06. The molecule has 0 spiro atoms. The normalized spacial score (nSPS) is 11.0. The molecule has 3 rings (SSSR count). The van der Waals surface area contributed by atoms with E-state index < -0.39 is 6.09 Å². The molecule has 0 fully saturated rings. The van der Waals surface area contributed by atoms with Gasteiger partial charge in [0, 0.05) is 30.1 Å². The lowest BCUT2D eigenvalue weighted by atomic mass is 10.1. The molecule has 8 heteroatoms. The molecule has 3 aromatic rings. The average molecular weight is 459 g/mol. The molecular formula is C23H20Cl2N2O4. The minimum Gasteiger partial charge on any atom is -0.493 e. The molecule has 6 nitrogen and oxygen atoms in total. The molecule has 0 radical (unpaired) electrons. The van der Waals surface area contributed by atoms with Crippen LogP contribution < -0.4 is 14.8 Å². The molecule has 1 N–H and O–H groups in total. The van der Waals surface area contributed by atoms with Crippen molar-refractivity contribution in [1.29, 1.82) is 0 Å². The maximum Gasteiger partial charge on any atom is 0.412 e. The van der Waals surface area contributed by atoms with Crippen molar-refractivity contribution in [2.75, 3.05) is 14.2 Å². The van der Waals surface area contributed by atoms with Crippen LogP contribution in [0.25, 0.3) is 11.8 Å². The summed E-state index contributed by atoms with van der Waals surface area (Å²) in [5, 5.41) is 3.37. The van der Waals surface area contributed by atoms with Gasteiger partial charge in [0.2, 0.25) is 0 Å². The zero-order valence-electron chi connectivity index (χ0n) is 16.9. The molecule has 0 aliphatic carbocycles. The highest BCUT2D eigenvalue weighted by molar-refractivity contribution is 6.37. The number of aromatic nitrogens is 1. The molecule has 0 aliphatic heterocycles. The number of carbonyl (C=O) groups is 1. The highest BCUT2D eigenvalue weighted by Crippen LogP contribution is 2.33. The van der Waals surface area contributed by atoms with Gasteiger partial charge in [-0.25, -0.2) is 4.79 Å². The minimum atomic E-state index is -0.633. The van der Waals surface area contributed by atoms with Gasteiger partial charge >= 0.3 is 6.09 Å². The number of alkyl carbamates (subject to hydrolysis) is 1. The number of ether oxygens (including phenoxy) is 3. The van der Waals surface area contributed by atoms with Crippen LogP contribution in [0.3, 0.4) is 0 Å². The van der Waals surface area contributed by atoms with Gasteiger partial charge in [-0.1, -0.05) is 53.5 Å². The molecule has 160 valence electrons. The third-order valence-corrected chi connectivity index (χ3v) is 4.92. The van der Waals surface area contributed by atoms with Gasteiger partial charge in [-0.05, 0) is 29.8 Å². The number of hydrogen-bond acceptors (Lipinski definition) is 5. The first-order chi connectivity index (χ1) is 15.0. The van der Waals surface area contributed by atoms with E-state index in [4.69, 9.17) is 37.4 Å². The van der Waals surface area contributed by atoms with Crippen LogP contribution in [-0.4, -0.2) is 25.3 Å². The Morgan fingerprint density at radius 1 is 1.00 bits per heavy atom. The largest absolute Gasteiger partial charge is 0.493 e. The zero-order chi connectivity index (χ0) is 22.2. The Balaban J connectivity index is 1.93. The topological polar surface area (TPSA) is 69.7 Å². The number of halogens is 2. The van der Waals surface area contributed by atoms with E-state index in [1.165, 1.54) is 19.5 Å². The Kier molecular flexibility index (Phi) is 7.76. The number of hydrogen-bond donors (Lipinski definition) is 1. The van der Waals surface area contributed by atoms with Gasteiger partial charge in [0.1, 0.15) is 5.76 Å². The maximum atomic E-state index is 12.5. The Hall–Kier alpha value is -3.22. The zero-order valence-corrected chi connectivity index (χ0v) is 18.4. The van der Waals surface area contributed by atoms with Crippen molar-refractivity contribution >= 4 is 41.1 Å². The number of rotatable bonds is 7. The van der Waals surface area contributed by atoms with Gasteiger partial charge in [-0.15, -0.1) is 0 Å². The first-order valence-corrected chi connectivity index (χ1v) is 10.00. The maximum absolute atomic E-state index is 12.5. The standard InChI is InChI=1S/C23H20Cl2N2O4/c1-29-20-9-8-16(10-22(20)30-2)21(11-17-18(24)13-26-14-19(17)25)31-23(28)27-12-15-6-4-3-5-7-15/h3-11,13-14H,12H2,1-2H3,(H,27,28). The van der Waals surface area contributed by atoms with E-state index in [9.17, 15) is 4.79 Å². The van der Waals surface area contributed by atoms with Crippen molar-refractivity contribution < 1.29 is 19.0 Å². The fraction of sp³-hybridized carbons (Fsp3) is 0.130. The van der Waals surface area contributed by atoms with Gasteiger partial charge < -0.3 is 19.5 Å². The Morgan fingerprint density at radius 3 is 2.32 bits per heavy atom. The summed E-state index contributed by atoms with van der Waals surface area (Å²) in [5.74, 6) is 1.24. The molecule has 0 bridgehead atoms. The number of nitrogens with one attached hydrogen (secondary N) is 1. The molecule has 0 saturated carbocycles. The van der Waals surface area contributed by atoms with Crippen LogP contribution in [0.4, 0.5) is 4.79 Å². The summed E-state index contributed by atoms with van der Waals surface area (Å²) in [5.41, 5.74) is 1.98. The summed E-state index contributed by atoms with van der Waals surface area (Å²) in [6.07, 6.45) is 3.86. The molecule has 0 saturated heterocycles. The van der Waals surface area contributed by atoms with Crippen LogP contribution in [0.5, 0.6) is 11.5 Å². The molecule has 1 aromatic heterocycles. The van der Waals surface area contributed by atoms with Crippen molar-refractivity contribution in [1.82, 2.24) is 10.3 Å². The van der Waals surface area contributed by atoms with E-state index in [1.54, 1.807) is 31.4 Å². The number of carbonyl (C=O) groups excluding carboxylic acids is 1. The van der Waals surface area contributed by atoms with Gasteiger partial charge in [0.25, 0.3) is 0 Å². The van der Waals surface area contributed by atoms with Crippen molar-refractivity contribution in [3.05, 3.63) is 87.7 Å². The number of pyridine rings is 1. The summed E-state index contributed by atoms with van der Waals surface area (Å²) in [6, 6.07) is 14.6. The highest BCUT2D eigenvalue weighted by atomic mass is 35.5. The fourth-order valence-corrected chi connectivity index (χ4v) is 3.23. The SMILES string of the molecule is COc1ccc(C(=Cc2c(Cl)cncc2Cl)OC(=O)NCc2ccccc2)cc1OC. The Bertz CT molecular complexity index is 1070. The molecule has 0 aliphatic rings. The molecule has 0 atom stereocenters. The number of benzene rings is 2. The van der Waals surface area contributed by atoms with Crippen LogP contribution in [0, 0.1) is 0 Å². The van der Waals surface area contributed by atoms with E-state index in [-0.39, 0.29) is 5.76 Å². The number of amides is 1. The van der Waals surface area contributed by atoms with Gasteiger partial charge in [0.15, 0.2) is 11.5 Å². The lowest BCUT2D eigenvalue weighted by molar-refractivity contribution is 0.191. The van der Waals surface area contributed by atoms with Gasteiger partial charge in [-0.2, -0.15) is 0 Å². The van der Waals surface area contributed by atoms with Crippen molar-refractivity contribution in [2.24, 2.45) is 0 Å². The van der Waals surface area contributed by atoms with E-state index in [1.807, 2.05) is 30.3 Å². The summed E-state index contributed by atoms with van der Waals surface area (Å²) in [6.45, 7) is 0.315. The molecule has 1 amide bonds. The minimum absolute atomic E-state index is 0.224. The van der Waals surface area contributed by atoms with E-state index in [0.717, 1.165) is 5.56 Å². The predicted molar refractivity (Wildman–Crippen MR) is 121 cm³/mol. The van der Waals surface area contributed by atoms with Crippen LogP contribution in [0.15, 0.2) is 60.9 Å². The summed E-state index contributed by atoms with van der Waals surface area (Å²) < 4.78 is 16.3. The number of nitrogens with zero attached hydrogens (tertiary/aromatic N) is 1. The second kappa shape index (κ2) is 10.7. The third kappa shape index (κ3) is 5.90. The highest BCUT2D eigenvalue weighted by Gasteiger charge is 2.15. The number of methoxy groups -OCH3 is 2. The molecule has 31 heavy (non-hydrogen) atoms. The van der Waals surface area contributed by atoms with Gasteiger partial charge in [0.05, 0.1) is 24.3 Å². The Labute approximate surface area is 190 Å². The molecule has 2 aromatic carbocycles. The van der Waals surface area contributed by atoms with Crippen LogP contribution >= 0.6 is 23.2 Å². The molecular weight excluding hydrogens is 439 g/mol. The van der Waals surface area contributed by atoms with E-state index >= 15 is 0 Å². The third-order valence-electron chi connectivity index (χ3n) is 4.32. The Morgan fingerprint density at radius 2 is 1.68 bits per heavy atom. The quantitative estimate of drug-likeness (QED) is 0.451. The summed E-state index contributed by atoms with van der Waals surface area (Å²) in [4.78, 5) is 16.5. The van der Waals surface area contributed by atoms with Crippen LogP contribution in [0.2, 0.25) is 10.0 Å². The molecule has 1 heterocycles. The lowest BCUT2D eigenvalue weighted by Crippen LogP contribution is -2.23. The first-order valence-electron chi connectivity index (χ1n) is 9.24. The lowest BCUT2D eigenvalue weighted by Gasteiger charge is -2.14. The summed E-state index contributed by atoms with van der Waals surface area (Å²) >= 11 is 12.5. The monoisotopic (exact) mass is 458 g/mol. The predicted octanol–water partition coefficient (Wildman–Crippen LogP) is 5.83. The second-order valence-electron chi connectivity index (χ2n) is 6.32. The second-order valence-corrected chi connectivity index (χ2v) is 7.14. The van der Waals surface area contributed by atoms with E-state index in [0.29, 0.717) is 39.2 Å². The molecule has 0 unspecified atom stereocenters. The van der Waals surface area contributed by atoms with Gasteiger partial charge in [-0.3, -0.25) is 4.98 Å². The van der Waals surface area contributed by atoms with Crippen molar-refractivity contribution in [3.63, 3.8) is 0 Å². The van der Waals surface area contributed by atoms with Crippen molar-refractivity contribution in [2.45, 2.75) is 6.54 Å².